The SMILES string of the molecule is CCOC(=O)C1=NN(c2ccccc2)C(C(=O)N2CCCC(C(=O)NCC3CC3)C2)C1. The Balaban J connectivity index is 1.46. The molecule has 2 heterocycles. The zero-order valence-electron chi connectivity index (χ0n) is 18.0. The number of rotatable bonds is 7. The van der Waals surface area contributed by atoms with Crippen LogP contribution < -0.4 is 10.3 Å². The minimum atomic E-state index is -0.616. The van der Waals surface area contributed by atoms with Gasteiger partial charge in [0, 0.05) is 26.1 Å². The summed E-state index contributed by atoms with van der Waals surface area (Å²) < 4.78 is 5.11. The Morgan fingerprint density at radius 3 is 2.65 bits per heavy atom. The minimum absolute atomic E-state index is 0.0409. The Morgan fingerprint density at radius 2 is 1.94 bits per heavy atom. The number of carbonyl (C=O) groups excluding carboxylic acids is 3. The van der Waals surface area contributed by atoms with Crippen molar-refractivity contribution >= 4 is 29.2 Å². The van der Waals surface area contributed by atoms with Crippen LogP contribution in [-0.4, -0.2) is 60.7 Å². The lowest BCUT2D eigenvalue weighted by molar-refractivity contribution is -0.136. The van der Waals surface area contributed by atoms with Crippen molar-refractivity contribution in [2.24, 2.45) is 16.9 Å². The van der Waals surface area contributed by atoms with Gasteiger partial charge in [-0.2, -0.15) is 5.10 Å². The second-order valence-corrected chi connectivity index (χ2v) is 8.48. The van der Waals surface area contributed by atoms with Gasteiger partial charge in [-0.15, -0.1) is 0 Å². The van der Waals surface area contributed by atoms with Crippen LogP contribution in [0.5, 0.6) is 0 Å². The molecule has 1 saturated heterocycles. The van der Waals surface area contributed by atoms with Gasteiger partial charge in [-0.1, -0.05) is 18.2 Å². The standard InChI is InChI=1S/C23H30N4O4/c1-2-31-23(30)19-13-20(27(25-19)18-8-4-3-5-9-18)22(29)26-12-6-7-17(15-26)21(28)24-14-16-10-11-16/h3-5,8-9,16-17,20H,2,6-7,10-15H2,1H3,(H,24,28). The van der Waals surface area contributed by atoms with Gasteiger partial charge in [0.15, 0.2) is 0 Å². The molecule has 2 aliphatic heterocycles. The predicted octanol–water partition coefficient (Wildman–Crippen LogP) is 1.95. The van der Waals surface area contributed by atoms with Crippen LogP contribution in [0.1, 0.15) is 39.0 Å². The van der Waals surface area contributed by atoms with Crippen LogP contribution in [0.4, 0.5) is 5.69 Å². The summed E-state index contributed by atoms with van der Waals surface area (Å²) in [5, 5.41) is 9.09. The van der Waals surface area contributed by atoms with Crippen LogP contribution in [-0.2, 0) is 19.1 Å². The first-order valence-corrected chi connectivity index (χ1v) is 11.2. The maximum absolute atomic E-state index is 13.5. The van der Waals surface area contributed by atoms with E-state index >= 15 is 0 Å². The zero-order valence-corrected chi connectivity index (χ0v) is 18.0. The van der Waals surface area contributed by atoms with Gasteiger partial charge in [0.05, 0.1) is 18.2 Å². The van der Waals surface area contributed by atoms with Crippen molar-refractivity contribution in [2.45, 2.75) is 45.1 Å². The number of nitrogens with zero attached hydrogens (tertiary/aromatic N) is 3. The number of hydrazone groups is 1. The maximum atomic E-state index is 13.5. The number of likely N-dealkylation sites (tertiary alicyclic amines) is 1. The smallest absolute Gasteiger partial charge is 0.354 e. The van der Waals surface area contributed by atoms with E-state index in [1.165, 1.54) is 12.8 Å². The summed E-state index contributed by atoms with van der Waals surface area (Å²) in [5.41, 5.74) is 0.996. The van der Waals surface area contributed by atoms with Crippen molar-refractivity contribution in [2.75, 3.05) is 31.3 Å². The third-order valence-corrected chi connectivity index (χ3v) is 6.09. The van der Waals surface area contributed by atoms with E-state index in [2.05, 4.69) is 10.4 Å². The Morgan fingerprint density at radius 1 is 1.16 bits per heavy atom. The number of hydrogen-bond donors (Lipinski definition) is 1. The van der Waals surface area contributed by atoms with Gasteiger partial charge in [0.25, 0.3) is 0 Å². The van der Waals surface area contributed by atoms with E-state index in [1.807, 2.05) is 30.3 Å². The van der Waals surface area contributed by atoms with Crippen molar-refractivity contribution in [1.29, 1.82) is 0 Å². The molecular weight excluding hydrogens is 396 g/mol. The zero-order chi connectivity index (χ0) is 21.8. The van der Waals surface area contributed by atoms with E-state index in [4.69, 9.17) is 4.74 Å². The second kappa shape index (κ2) is 9.49. The van der Waals surface area contributed by atoms with E-state index in [9.17, 15) is 14.4 Å². The Bertz CT molecular complexity index is 852. The van der Waals surface area contributed by atoms with Crippen LogP contribution in [0.2, 0.25) is 0 Å². The van der Waals surface area contributed by atoms with E-state index in [1.54, 1.807) is 16.8 Å². The number of nitrogens with one attached hydrogen (secondary N) is 1. The lowest BCUT2D eigenvalue weighted by Gasteiger charge is -2.35. The lowest BCUT2D eigenvalue weighted by atomic mass is 9.96. The first-order chi connectivity index (χ1) is 15.1. The molecule has 1 saturated carbocycles. The summed E-state index contributed by atoms with van der Waals surface area (Å²) in [6.07, 6.45) is 4.15. The highest BCUT2D eigenvalue weighted by Gasteiger charge is 2.40. The summed E-state index contributed by atoms with van der Waals surface area (Å²) in [6, 6.07) is 8.74. The largest absolute Gasteiger partial charge is 0.461 e. The number of piperidine rings is 1. The first-order valence-electron chi connectivity index (χ1n) is 11.2. The highest BCUT2D eigenvalue weighted by molar-refractivity contribution is 6.38. The highest BCUT2D eigenvalue weighted by atomic mass is 16.5. The second-order valence-electron chi connectivity index (χ2n) is 8.48. The predicted molar refractivity (Wildman–Crippen MR) is 116 cm³/mol. The number of ether oxygens (including phenoxy) is 1. The molecular formula is C23H30N4O4. The highest BCUT2D eigenvalue weighted by Crippen LogP contribution is 2.29. The molecule has 0 spiro atoms. The monoisotopic (exact) mass is 426 g/mol. The Hall–Kier alpha value is -2.90. The van der Waals surface area contributed by atoms with Crippen LogP contribution in [0, 0.1) is 11.8 Å². The van der Waals surface area contributed by atoms with Gasteiger partial charge in [-0.05, 0) is 50.7 Å². The molecule has 166 valence electrons. The fraction of sp³-hybridized carbons (Fsp3) is 0.565. The van der Waals surface area contributed by atoms with Crippen LogP contribution >= 0.6 is 0 Å². The van der Waals surface area contributed by atoms with Gasteiger partial charge < -0.3 is 15.0 Å². The van der Waals surface area contributed by atoms with Gasteiger partial charge in [0.1, 0.15) is 11.8 Å². The van der Waals surface area contributed by atoms with E-state index in [0.717, 1.165) is 25.1 Å². The molecule has 0 bridgehead atoms. The number of anilines is 1. The van der Waals surface area contributed by atoms with Crippen molar-refractivity contribution in [3.05, 3.63) is 30.3 Å². The molecule has 0 aromatic heterocycles. The topological polar surface area (TPSA) is 91.3 Å². The molecule has 2 unspecified atom stereocenters. The molecule has 1 aromatic rings. The third-order valence-electron chi connectivity index (χ3n) is 6.09. The fourth-order valence-corrected chi connectivity index (χ4v) is 4.17. The normalized spacial score (nSPS) is 23.3. The number of esters is 1. The molecule has 1 aromatic carbocycles. The van der Waals surface area contributed by atoms with E-state index < -0.39 is 12.0 Å². The number of carbonyl (C=O) groups is 3. The minimum Gasteiger partial charge on any atom is -0.461 e. The lowest BCUT2D eigenvalue weighted by Crippen LogP contribution is -2.51. The molecule has 1 aliphatic carbocycles. The summed E-state index contributed by atoms with van der Waals surface area (Å²) in [7, 11) is 0. The summed E-state index contributed by atoms with van der Waals surface area (Å²) in [4.78, 5) is 40.1. The van der Waals surface area contributed by atoms with Crippen molar-refractivity contribution in [3.63, 3.8) is 0 Å². The molecule has 4 rings (SSSR count). The van der Waals surface area contributed by atoms with Crippen molar-refractivity contribution in [3.8, 4) is 0 Å². The molecule has 31 heavy (non-hydrogen) atoms. The van der Waals surface area contributed by atoms with Crippen LogP contribution in [0.25, 0.3) is 0 Å². The van der Waals surface area contributed by atoms with Crippen LogP contribution in [0.15, 0.2) is 35.4 Å². The third kappa shape index (κ3) is 5.06. The molecule has 8 nitrogen and oxygen atoms in total. The first kappa shape index (κ1) is 21.3. The molecule has 2 amide bonds. The number of para-hydroxylation sites is 1. The van der Waals surface area contributed by atoms with E-state index in [-0.39, 0.29) is 36.5 Å². The van der Waals surface area contributed by atoms with Gasteiger partial charge in [-0.25, -0.2) is 4.79 Å². The average molecular weight is 427 g/mol. The Kier molecular flexibility index (Phi) is 6.53. The molecule has 0 radical (unpaired) electrons. The fourth-order valence-electron chi connectivity index (χ4n) is 4.17. The average Bonchev–Trinajstić information content (AvgIpc) is 3.53. The molecule has 2 fully saturated rings. The van der Waals surface area contributed by atoms with Gasteiger partial charge in [0.2, 0.25) is 11.8 Å². The van der Waals surface area contributed by atoms with Crippen molar-refractivity contribution in [1.82, 2.24) is 10.2 Å². The summed E-state index contributed by atoms with van der Waals surface area (Å²) in [5.74, 6) is -0.115. The molecule has 2 atom stereocenters. The van der Waals surface area contributed by atoms with Gasteiger partial charge >= 0.3 is 5.97 Å². The quantitative estimate of drug-likeness (QED) is 0.673. The number of hydrogen-bond acceptors (Lipinski definition) is 6. The van der Waals surface area contributed by atoms with E-state index in [0.29, 0.717) is 19.0 Å². The summed E-state index contributed by atoms with van der Waals surface area (Å²) in [6.45, 7) is 3.76. The van der Waals surface area contributed by atoms with Gasteiger partial charge in [-0.3, -0.25) is 14.6 Å². The van der Waals surface area contributed by atoms with Crippen molar-refractivity contribution < 1.29 is 19.1 Å². The Labute approximate surface area is 182 Å². The molecule has 3 aliphatic rings. The summed E-state index contributed by atoms with van der Waals surface area (Å²) >= 11 is 0. The number of amides is 2. The van der Waals surface area contributed by atoms with Crippen LogP contribution in [0.3, 0.4) is 0 Å². The maximum Gasteiger partial charge on any atom is 0.354 e. The molecule has 8 heteroatoms. The molecule has 1 N–H and O–H groups in total. The number of benzene rings is 1.